The van der Waals surface area contributed by atoms with E-state index in [4.69, 9.17) is 15.0 Å². The number of imidazole rings is 1. The molecule has 0 fully saturated rings. The van der Waals surface area contributed by atoms with E-state index in [1.807, 2.05) is 30.6 Å². The van der Waals surface area contributed by atoms with Gasteiger partial charge in [0.25, 0.3) is 0 Å². The van der Waals surface area contributed by atoms with Crippen LogP contribution in [0, 0.1) is 0 Å². The van der Waals surface area contributed by atoms with Gasteiger partial charge in [0.1, 0.15) is 11.2 Å². The van der Waals surface area contributed by atoms with Gasteiger partial charge in [-0.1, -0.05) is 66.7 Å². The number of rotatable bonds is 2. The lowest BCUT2D eigenvalue weighted by Crippen LogP contribution is -1.98. The summed E-state index contributed by atoms with van der Waals surface area (Å²) in [7, 11) is 0. The molecule has 0 N–H and O–H groups in total. The van der Waals surface area contributed by atoms with Gasteiger partial charge in [0.15, 0.2) is 5.65 Å². The Labute approximate surface area is 267 Å². The van der Waals surface area contributed by atoms with Crippen molar-refractivity contribution >= 4 is 82.2 Å². The first-order valence-corrected chi connectivity index (χ1v) is 15.8. The number of hydrogen-bond acceptors (Lipinski definition) is 3. The van der Waals surface area contributed by atoms with Gasteiger partial charge in [-0.15, -0.1) is 0 Å². The molecule has 11 rings (SSSR count). The number of pyridine rings is 3. The monoisotopic (exact) mass is 600 g/mol. The third-order valence-electron chi connectivity index (χ3n) is 9.68. The summed E-state index contributed by atoms with van der Waals surface area (Å²) in [5.41, 5.74) is 11.4. The predicted octanol–water partition coefficient (Wildman–Crippen LogP) is 9.78. The van der Waals surface area contributed by atoms with Crippen LogP contribution in [0.2, 0.25) is 0 Å². The van der Waals surface area contributed by atoms with Gasteiger partial charge in [0, 0.05) is 56.1 Å². The van der Waals surface area contributed by atoms with Crippen LogP contribution in [0.4, 0.5) is 0 Å². The molecular formula is C41H24N6. The van der Waals surface area contributed by atoms with E-state index in [1.165, 1.54) is 32.6 Å². The van der Waals surface area contributed by atoms with Crippen LogP contribution >= 0.6 is 0 Å². The minimum Gasteiger partial charge on any atom is -0.307 e. The second-order valence-electron chi connectivity index (χ2n) is 12.1. The third-order valence-corrected chi connectivity index (χ3v) is 9.68. The Hall–Kier alpha value is -6.53. The molecule has 0 aliphatic carbocycles. The summed E-state index contributed by atoms with van der Waals surface area (Å²) in [6.07, 6.45) is 3.72. The van der Waals surface area contributed by atoms with E-state index in [9.17, 15) is 0 Å². The lowest BCUT2D eigenvalue weighted by molar-refractivity contribution is 1.15. The van der Waals surface area contributed by atoms with Crippen LogP contribution in [0.25, 0.3) is 93.6 Å². The summed E-state index contributed by atoms with van der Waals surface area (Å²) in [5.74, 6) is 0. The fraction of sp³-hybridized carbons (Fsp3) is 0. The molecular weight excluding hydrogens is 576 g/mol. The van der Waals surface area contributed by atoms with Crippen molar-refractivity contribution in [3.8, 4) is 11.4 Å². The maximum absolute atomic E-state index is 5.14. The lowest BCUT2D eigenvalue weighted by Gasteiger charge is -2.12. The molecule has 6 aromatic heterocycles. The molecule has 5 aromatic carbocycles. The number of para-hydroxylation sites is 3. The molecule has 0 unspecified atom stereocenters. The Morgan fingerprint density at radius 2 is 1.04 bits per heavy atom. The molecule has 0 radical (unpaired) electrons. The van der Waals surface area contributed by atoms with Gasteiger partial charge in [-0.3, -0.25) is 9.38 Å². The third kappa shape index (κ3) is 3.16. The zero-order valence-electron chi connectivity index (χ0n) is 25.0. The van der Waals surface area contributed by atoms with E-state index in [2.05, 4.69) is 129 Å². The highest BCUT2D eigenvalue weighted by molar-refractivity contribution is 6.33. The molecule has 47 heavy (non-hydrogen) atoms. The Morgan fingerprint density at radius 3 is 1.87 bits per heavy atom. The summed E-state index contributed by atoms with van der Waals surface area (Å²) < 4.78 is 7.02. The predicted molar refractivity (Wildman–Crippen MR) is 192 cm³/mol. The average molecular weight is 601 g/mol. The van der Waals surface area contributed by atoms with E-state index in [0.717, 1.165) is 61.0 Å². The Balaban J connectivity index is 1.45. The van der Waals surface area contributed by atoms with Crippen molar-refractivity contribution in [2.24, 2.45) is 0 Å². The van der Waals surface area contributed by atoms with Crippen molar-refractivity contribution in [2.75, 3.05) is 0 Å². The molecule has 0 amide bonds. The molecule has 0 saturated heterocycles. The minimum atomic E-state index is 0.836. The molecule has 0 atom stereocenters. The molecule has 6 heterocycles. The van der Waals surface area contributed by atoms with E-state index >= 15 is 0 Å². The van der Waals surface area contributed by atoms with Gasteiger partial charge in [0.05, 0.1) is 33.1 Å². The van der Waals surface area contributed by atoms with Gasteiger partial charge in [-0.05, 0) is 66.7 Å². The van der Waals surface area contributed by atoms with Gasteiger partial charge < -0.3 is 9.13 Å². The van der Waals surface area contributed by atoms with Gasteiger partial charge in [-0.2, -0.15) is 0 Å². The molecule has 0 bridgehead atoms. The molecule has 0 aliphatic rings. The molecule has 0 aliphatic heterocycles. The van der Waals surface area contributed by atoms with Crippen molar-refractivity contribution in [3.63, 3.8) is 0 Å². The number of benzene rings is 5. The van der Waals surface area contributed by atoms with Gasteiger partial charge >= 0.3 is 0 Å². The van der Waals surface area contributed by atoms with E-state index in [1.54, 1.807) is 0 Å². The van der Waals surface area contributed by atoms with Crippen molar-refractivity contribution in [3.05, 3.63) is 146 Å². The van der Waals surface area contributed by atoms with Gasteiger partial charge in [0.2, 0.25) is 0 Å². The first-order valence-electron chi connectivity index (χ1n) is 15.8. The van der Waals surface area contributed by atoms with Crippen LogP contribution in [-0.4, -0.2) is 28.5 Å². The average Bonchev–Trinajstić information content (AvgIpc) is 3.80. The summed E-state index contributed by atoms with van der Waals surface area (Å²) >= 11 is 0. The summed E-state index contributed by atoms with van der Waals surface area (Å²) in [6, 6.07) is 47.3. The van der Waals surface area contributed by atoms with E-state index in [-0.39, 0.29) is 0 Å². The second-order valence-corrected chi connectivity index (χ2v) is 12.1. The maximum atomic E-state index is 5.14. The number of fused-ring (bicyclic) bond motifs is 16. The topological polar surface area (TPSA) is 52.9 Å². The van der Waals surface area contributed by atoms with E-state index < -0.39 is 0 Å². The highest BCUT2D eigenvalue weighted by Gasteiger charge is 2.24. The molecule has 0 spiro atoms. The smallest absolute Gasteiger partial charge is 0.165 e. The van der Waals surface area contributed by atoms with Crippen LogP contribution in [0.3, 0.4) is 0 Å². The van der Waals surface area contributed by atoms with Crippen molar-refractivity contribution in [2.45, 2.75) is 0 Å². The number of aromatic nitrogens is 6. The number of nitrogens with zero attached hydrogens (tertiary/aromatic N) is 6. The quantitative estimate of drug-likeness (QED) is 0.186. The number of hydrogen-bond donors (Lipinski definition) is 0. The largest absolute Gasteiger partial charge is 0.307 e. The highest BCUT2D eigenvalue weighted by atomic mass is 15.1. The van der Waals surface area contributed by atoms with Crippen molar-refractivity contribution < 1.29 is 0 Å². The summed E-state index contributed by atoms with van der Waals surface area (Å²) in [5, 5.41) is 6.94. The Morgan fingerprint density at radius 1 is 0.404 bits per heavy atom. The first-order chi connectivity index (χ1) is 23.4. The van der Waals surface area contributed by atoms with Crippen LogP contribution < -0.4 is 0 Å². The van der Waals surface area contributed by atoms with Crippen LogP contribution in [-0.2, 0) is 0 Å². The SMILES string of the molecule is c1ccc(-n2c3ccccc3c3ccc4c5c6c(ccc5n(-c5ccccc5)c4c32)c2nc3cccnc3n2c2cccnc62)cc1. The second kappa shape index (κ2) is 9.02. The van der Waals surface area contributed by atoms with Gasteiger partial charge in [-0.25, -0.2) is 9.97 Å². The zero-order chi connectivity index (χ0) is 30.6. The van der Waals surface area contributed by atoms with Crippen LogP contribution in [0.1, 0.15) is 0 Å². The Kier molecular flexibility index (Phi) is 4.75. The maximum Gasteiger partial charge on any atom is 0.165 e. The molecule has 218 valence electrons. The Bertz CT molecular complexity index is 3060. The van der Waals surface area contributed by atoms with Crippen molar-refractivity contribution in [1.29, 1.82) is 0 Å². The highest BCUT2D eigenvalue weighted by Crippen LogP contribution is 2.45. The molecule has 6 heteroatoms. The first kappa shape index (κ1) is 24.8. The van der Waals surface area contributed by atoms with Crippen molar-refractivity contribution in [1.82, 2.24) is 28.5 Å². The molecule has 11 aromatic rings. The zero-order valence-corrected chi connectivity index (χ0v) is 25.0. The fourth-order valence-electron chi connectivity index (χ4n) is 7.85. The lowest BCUT2D eigenvalue weighted by atomic mass is 10.0. The summed E-state index contributed by atoms with van der Waals surface area (Å²) in [6.45, 7) is 0. The molecule has 6 nitrogen and oxygen atoms in total. The standard InChI is InChI=1S/C41H24N6/c1-3-11-25(12-4-1)45-32-17-8-7-15-27(32)28-19-20-29-35-33(46(39(29)38(28)45)26-13-5-2-6-14-26)22-21-30-36(35)37-34(18-10-23-42-37)47-40(30)44-31-16-9-24-43-41(31)47/h1-24H. The van der Waals surface area contributed by atoms with Crippen LogP contribution in [0.5, 0.6) is 0 Å². The molecule has 0 saturated carbocycles. The minimum absolute atomic E-state index is 0.836. The normalized spacial score (nSPS) is 12.3. The fourth-order valence-corrected chi connectivity index (χ4v) is 7.85. The van der Waals surface area contributed by atoms with E-state index in [0.29, 0.717) is 0 Å². The summed E-state index contributed by atoms with van der Waals surface area (Å²) in [4.78, 5) is 14.9. The van der Waals surface area contributed by atoms with Crippen LogP contribution in [0.15, 0.2) is 146 Å².